The van der Waals surface area contributed by atoms with Gasteiger partial charge in [0.05, 0.1) is 24.6 Å². The largest absolute Gasteiger partial charge is 0.495 e. The van der Waals surface area contributed by atoms with Crippen molar-refractivity contribution in [1.29, 1.82) is 0 Å². The van der Waals surface area contributed by atoms with Crippen LogP contribution in [-0.2, 0) is 9.59 Å². The van der Waals surface area contributed by atoms with E-state index < -0.39 is 17.8 Å². The summed E-state index contributed by atoms with van der Waals surface area (Å²) in [6.07, 6.45) is 1.28. The lowest BCUT2D eigenvalue weighted by Gasteiger charge is -2.09. The fourth-order valence-electron chi connectivity index (χ4n) is 2.67. The fraction of sp³-hybridized carbons (Fsp3) is 0.0833. The summed E-state index contributed by atoms with van der Waals surface area (Å²) in [5.74, 6) is -1.73. The molecule has 0 aromatic heterocycles. The zero-order valence-corrected chi connectivity index (χ0v) is 17.5. The zero-order chi connectivity index (χ0) is 22.9. The first-order chi connectivity index (χ1) is 15.5. The molecule has 0 bridgehead atoms. The van der Waals surface area contributed by atoms with Crippen LogP contribution in [0.1, 0.15) is 21.5 Å². The van der Waals surface area contributed by atoms with Gasteiger partial charge in [-0.2, -0.15) is 5.10 Å². The molecule has 0 heterocycles. The molecule has 32 heavy (non-hydrogen) atoms. The molecule has 162 valence electrons. The van der Waals surface area contributed by atoms with Gasteiger partial charge >= 0.3 is 17.8 Å². The van der Waals surface area contributed by atoms with E-state index in [0.29, 0.717) is 22.6 Å². The Bertz CT molecular complexity index is 1160. The number of amides is 2. The van der Waals surface area contributed by atoms with Crippen LogP contribution in [-0.4, -0.2) is 31.1 Å². The van der Waals surface area contributed by atoms with E-state index in [9.17, 15) is 14.4 Å². The number of esters is 1. The first-order valence-electron chi connectivity index (χ1n) is 9.63. The molecule has 0 atom stereocenters. The molecular weight excluding hydrogens is 410 g/mol. The maximum Gasteiger partial charge on any atom is 0.343 e. The van der Waals surface area contributed by atoms with Crippen molar-refractivity contribution < 1.29 is 23.9 Å². The van der Waals surface area contributed by atoms with Gasteiger partial charge in [-0.15, -0.1) is 0 Å². The third-order valence-electron chi connectivity index (χ3n) is 4.34. The monoisotopic (exact) mass is 431 g/mol. The lowest BCUT2D eigenvalue weighted by atomic mass is 10.1. The van der Waals surface area contributed by atoms with Crippen molar-refractivity contribution in [3.63, 3.8) is 0 Å². The Labute approximate surface area is 184 Å². The number of benzene rings is 3. The summed E-state index contributed by atoms with van der Waals surface area (Å²) in [7, 11) is 1.46. The van der Waals surface area contributed by atoms with Crippen molar-refractivity contribution >= 4 is 29.7 Å². The van der Waals surface area contributed by atoms with E-state index in [-0.39, 0.29) is 5.75 Å². The van der Waals surface area contributed by atoms with Crippen LogP contribution in [0.3, 0.4) is 0 Å². The highest BCUT2D eigenvalue weighted by atomic mass is 16.5. The molecule has 3 rings (SSSR count). The standard InChI is InChI=1S/C24H21N3O5/c1-16-11-13-17(14-12-16)24(30)32-20-9-5-3-7-18(20)15-25-27-23(29)22(28)26-19-8-4-6-10-21(19)31-2/h3-15H,1-2H3,(H,26,28)(H,27,29)/b25-15+. The number of aryl methyl sites for hydroxylation is 1. The molecule has 0 saturated carbocycles. The highest BCUT2D eigenvalue weighted by Gasteiger charge is 2.15. The number of nitrogens with one attached hydrogen (secondary N) is 2. The van der Waals surface area contributed by atoms with Crippen LogP contribution in [0.2, 0.25) is 0 Å². The Balaban J connectivity index is 1.63. The number of ether oxygens (including phenoxy) is 2. The Morgan fingerprint density at radius 3 is 2.22 bits per heavy atom. The van der Waals surface area contributed by atoms with Crippen molar-refractivity contribution in [3.05, 3.63) is 89.5 Å². The topological polar surface area (TPSA) is 106 Å². The summed E-state index contributed by atoms with van der Waals surface area (Å²) in [5.41, 5.74) is 4.37. The van der Waals surface area contributed by atoms with Crippen molar-refractivity contribution in [2.45, 2.75) is 6.92 Å². The Morgan fingerprint density at radius 2 is 1.50 bits per heavy atom. The van der Waals surface area contributed by atoms with Gasteiger partial charge in [-0.25, -0.2) is 10.2 Å². The van der Waals surface area contributed by atoms with Crippen LogP contribution in [0.25, 0.3) is 0 Å². The van der Waals surface area contributed by atoms with Crippen LogP contribution >= 0.6 is 0 Å². The number of nitrogens with zero attached hydrogens (tertiary/aromatic N) is 1. The lowest BCUT2D eigenvalue weighted by molar-refractivity contribution is -0.136. The van der Waals surface area contributed by atoms with Gasteiger partial charge in [0.1, 0.15) is 11.5 Å². The summed E-state index contributed by atoms with van der Waals surface area (Å²) in [5, 5.41) is 6.24. The number of rotatable bonds is 6. The van der Waals surface area contributed by atoms with Gasteiger partial charge in [0, 0.05) is 5.56 Å². The van der Waals surface area contributed by atoms with E-state index >= 15 is 0 Å². The second-order valence-corrected chi connectivity index (χ2v) is 6.65. The molecule has 0 aliphatic carbocycles. The molecule has 0 unspecified atom stereocenters. The smallest absolute Gasteiger partial charge is 0.343 e. The second-order valence-electron chi connectivity index (χ2n) is 6.65. The molecule has 0 aliphatic heterocycles. The first kappa shape index (κ1) is 22.2. The Kier molecular flexibility index (Phi) is 7.32. The van der Waals surface area contributed by atoms with E-state index in [1.54, 1.807) is 60.7 Å². The van der Waals surface area contributed by atoms with E-state index in [1.807, 2.05) is 19.1 Å². The fourth-order valence-corrected chi connectivity index (χ4v) is 2.67. The number of hydrogen-bond donors (Lipinski definition) is 2. The maximum absolute atomic E-state index is 12.4. The molecule has 2 N–H and O–H groups in total. The average Bonchev–Trinajstić information content (AvgIpc) is 2.80. The molecule has 3 aromatic carbocycles. The van der Waals surface area contributed by atoms with Gasteiger partial charge < -0.3 is 14.8 Å². The molecule has 0 saturated heterocycles. The first-order valence-corrected chi connectivity index (χ1v) is 9.63. The summed E-state index contributed by atoms with van der Waals surface area (Å²) < 4.78 is 10.6. The van der Waals surface area contributed by atoms with Gasteiger partial charge in [-0.1, -0.05) is 42.0 Å². The minimum Gasteiger partial charge on any atom is -0.495 e. The van der Waals surface area contributed by atoms with Crippen LogP contribution in [0.4, 0.5) is 5.69 Å². The van der Waals surface area contributed by atoms with E-state index in [2.05, 4.69) is 15.8 Å². The highest BCUT2D eigenvalue weighted by Crippen LogP contribution is 2.22. The molecule has 8 heteroatoms. The summed E-state index contributed by atoms with van der Waals surface area (Å²) in [4.78, 5) is 36.5. The third kappa shape index (κ3) is 5.79. The molecular formula is C24H21N3O5. The number of anilines is 1. The Morgan fingerprint density at radius 1 is 0.844 bits per heavy atom. The molecule has 8 nitrogen and oxygen atoms in total. The van der Waals surface area contributed by atoms with Gasteiger partial charge in [0.25, 0.3) is 0 Å². The minimum atomic E-state index is -0.971. The van der Waals surface area contributed by atoms with Gasteiger partial charge in [0.15, 0.2) is 0 Å². The van der Waals surface area contributed by atoms with Crippen molar-refractivity contribution in [2.75, 3.05) is 12.4 Å². The molecule has 0 spiro atoms. The molecule has 3 aromatic rings. The number of para-hydroxylation sites is 3. The minimum absolute atomic E-state index is 0.259. The quantitative estimate of drug-likeness (QED) is 0.205. The normalized spacial score (nSPS) is 10.4. The predicted octanol–water partition coefficient (Wildman–Crippen LogP) is 3.31. The number of methoxy groups -OCH3 is 1. The Hall–Kier alpha value is -4.46. The highest BCUT2D eigenvalue weighted by molar-refractivity contribution is 6.39. The molecule has 2 amide bonds. The van der Waals surface area contributed by atoms with E-state index in [0.717, 1.165) is 5.56 Å². The van der Waals surface area contributed by atoms with Crippen molar-refractivity contribution in [3.8, 4) is 11.5 Å². The number of hydrogen-bond acceptors (Lipinski definition) is 6. The van der Waals surface area contributed by atoms with E-state index in [4.69, 9.17) is 9.47 Å². The maximum atomic E-state index is 12.4. The average molecular weight is 431 g/mol. The molecule has 0 radical (unpaired) electrons. The van der Waals surface area contributed by atoms with Crippen LogP contribution in [0, 0.1) is 6.92 Å². The lowest BCUT2D eigenvalue weighted by Crippen LogP contribution is -2.32. The molecule has 0 fully saturated rings. The summed E-state index contributed by atoms with van der Waals surface area (Å²) in [6.45, 7) is 1.92. The van der Waals surface area contributed by atoms with Crippen molar-refractivity contribution in [1.82, 2.24) is 5.43 Å². The van der Waals surface area contributed by atoms with Crippen LogP contribution in [0.5, 0.6) is 11.5 Å². The number of carbonyl (C=O) groups excluding carboxylic acids is 3. The summed E-state index contributed by atoms with van der Waals surface area (Å²) in [6, 6.07) is 20.4. The van der Waals surface area contributed by atoms with Crippen LogP contribution < -0.4 is 20.2 Å². The van der Waals surface area contributed by atoms with Gasteiger partial charge in [-0.05, 0) is 43.3 Å². The third-order valence-corrected chi connectivity index (χ3v) is 4.34. The SMILES string of the molecule is COc1ccccc1NC(=O)C(=O)N/N=C/c1ccccc1OC(=O)c1ccc(C)cc1. The predicted molar refractivity (Wildman–Crippen MR) is 120 cm³/mol. The number of hydrazone groups is 1. The van der Waals surface area contributed by atoms with Gasteiger partial charge in [-0.3, -0.25) is 9.59 Å². The van der Waals surface area contributed by atoms with E-state index in [1.165, 1.54) is 13.3 Å². The van der Waals surface area contributed by atoms with Crippen LogP contribution in [0.15, 0.2) is 77.9 Å². The van der Waals surface area contributed by atoms with Gasteiger partial charge in [0.2, 0.25) is 0 Å². The zero-order valence-electron chi connectivity index (χ0n) is 17.5. The second kappa shape index (κ2) is 10.5. The number of carbonyl (C=O) groups is 3. The summed E-state index contributed by atoms with van der Waals surface area (Å²) >= 11 is 0. The van der Waals surface area contributed by atoms with Crippen molar-refractivity contribution in [2.24, 2.45) is 5.10 Å². The molecule has 0 aliphatic rings.